The summed E-state index contributed by atoms with van der Waals surface area (Å²) in [5.74, 6) is 0.108. The number of anilines is 1. The van der Waals surface area contributed by atoms with Crippen LogP contribution in [0.15, 0.2) is 70.0 Å². The molecule has 0 unspecified atom stereocenters. The number of ether oxygens (including phenoxy) is 4. The zero-order valence-corrected chi connectivity index (χ0v) is 28.7. The molecule has 0 aliphatic carbocycles. The molecule has 1 atom stereocenters. The zero-order chi connectivity index (χ0) is 33.1. The van der Waals surface area contributed by atoms with Crippen molar-refractivity contribution in [1.82, 2.24) is 10.2 Å². The Hall–Kier alpha value is -3.97. The van der Waals surface area contributed by atoms with E-state index in [9.17, 15) is 18.0 Å². The first-order valence-corrected chi connectivity index (χ1v) is 16.5. The van der Waals surface area contributed by atoms with Crippen molar-refractivity contribution in [3.05, 3.63) is 70.7 Å². The minimum atomic E-state index is -4.43. The van der Waals surface area contributed by atoms with E-state index in [0.29, 0.717) is 18.0 Å². The maximum absolute atomic E-state index is 14.4. The van der Waals surface area contributed by atoms with Crippen molar-refractivity contribution in [2.75, 3.05) is 45.8 Å². The molecular formula is C32H40BrN3O8S. The fraction of sp³-hybridized carbons (Fsp3) is 0.375. The van der Waals surface area contributed by atoms with Gasteiger partial charge in [-0.2, -0.15) is 0 Å². The van der Waals surface area contributed by atoms with Crippen LogP contribution in [-0.4, -0.2) is 72.7 Å². The molecule has 0 aromatic heterocycles. The summed E-state index contributed by atoms with van der Waals surface area (Å²) < 4.78 is 52.1. The molecule has 244 valence electrons. The number of carbonyl (C=O) groups excluding carboxylic acids is 2. The van der Waals surface area contributed by atoms with E-state index in [1.807, 2.05) is 31.2 Å². The summed E-state index contributed by atoms with van der Waals surface area (Å²) >= 11 is 3.46. The van der Waals surface area contributed by atoms with Gasteiger partial charge in [0, 0.05) is 29.7 Å². The predicted molar refractivity (Wildman–Crippen MR) is 176 cm³/mol. The van der Waals surface area contributed by atoms with Crippen LogP contribution >= 0.6 is 15.9 Å². The summed E-state index contributed by atoms with van der Waals surface area (Å²) in [6.07, 6.45) is 1.67. The molecule has 13 heteroatoms. The lowest BCUT2D eigenvalue weighted by Gasteiger charge is -2.32. The molecule has 0 aliphatic rings. The molecule has 0 spiro atoms. The van der Waals surface area contributed by atoms with Crippen LogP contribution in [0.3, 0.4) is 0 Å². The van der Waals surface area contributed by atoms with Gasteiger partial charge in [-0.25, -0.2) is 8.42 Å². The van der Waals surface area contributed by atoms with Crippen LogP contribution in [0.4, 0.5) is 5.69 Å². The smallest absolute Gasteiger partial charge is 0.265 e. The highest BCUT2D eigenvalue weighted by Crippen LogP contribution is 2.37. The van der Waals surface area contributed by atoms with Crippen LogP contribution in [0.1, 0.15) is 32.3 Å². The third kappa shape index (κ3) is 8.82. The molecule has 3 aromatic rings. The number of nitrogens with one attached hydrogen (secondary N) is 1. The minimum Gasteiger partial charge on any atom is -0.497 e. The third-order valence-corrected chi connectivity index (χ3v) is 9.36. The lowest BCUT2D eigenvalue weighted by Crippen LogP contribution is -2.51. The summed E-state index contributed by atoms with van der Waals surface area (Å²) in [6, 6.07) is 15.2. The summed E-state index contributed by atoms with van der Waals surface area (Å²) in [7, 11) is 1.25. The molecule has 0 aliphatic heterocycles. The number of rotatable bonds is 16. The summed E-state index contributed by atoms with van der Waals surface area (Å²) in [5, 5.41) is 2.88. The van der Waals surface area contributed by atoms with E-state index in [1.54, 1.807) is 19.1 Å². The van der Waals surface area contributed by atoms with Crippen LogP contribution in [-0.2, 0) is 26.2 Å². The Morgan fingerprint density at radius 3 is 2.20 bits per heavy atom. The average Bonchev–Trinajstić information content (AvgIpc) is 3.04. The number of unbranched alkanes of at least 4 members (excludes halogenated alkanes) is 1. The van der Waals surface area contributed by atoms with Crippen molar-refractivity contribution in [2.24, 2.45) is 0 Å². The van der Waals surface area contributed by atoms with Crippen LogP contribution < -0.4 is 28.6 Å². The van der Waals surface area contributed by atoms with Gasteiger partial charge in [0.05, 0.1) is 39.0 Å². The van der Waals surface area contributed by atoms with Gasteiger partial charge >= 0.3 is 0 Å². The Kier molecular flexibility index (Phi) is 12.9. The number of amides is 2. The molecule has 2 amide bonds. The number of benzene rings is 3. The number of halogens is 1. The van der Waals surface area contributed by atoms with Crippen LogP contribution in [0.25, 0.3) is 0 Å². The Morgan fingerprint density at radius 2 is 1.58 bits per heavy atom. The highest BCUT2D eigenvalue weighted by atomic mass is 79.9. The molecule has 3 aromatic carbocycles. The number of methoxy groups -OCH3 is 4. The van der Waals surface area contributed by atoms with Crippen molar-refractivity contribution in [2.45, 2.75) is 44.2 Å². The standard InChI is InChI=1S/C32H40BrN3O8S/c1-7-8-16-34-32(38)22(2)35(20-23-10-9-11-24(33)17-23)31(37)21-36(27-18-25(41-3)12-14-28(27)42-4)45(39,40)26-13-15-29(43-5)30(19-26)44-6/h9-15,17-19,22H,7-8,16,20-21H2,1-6H3,(H,34,38)/t22-/m1/s1. The topological polar surface area (TPSA) is 124 Å². The molecule has 1 N–H and O–H groups in total. The van der Waals surface area contributed by atoms with Crippen LogP contribution in [0, 0.1) is 0 Å². The molecule has 0 saturated heterocycles. The van der Waals surface area contributed by atoms with E-state index in [4.69, 9.17) is 18.9 Å². The van der Waals surface area contributed by atoms with Crippen molar-refractivity contribution in [3.63, 3.8) is 0 Å². The Bertz CT molecular complexity index is 1580. The highest BCUT2D eigenvalue weighted by Gasteiger charge is 2.34. The van der Waals surface area contributed by atoms with Crippen molar-refractivity contribution in [3.8, 4) is 23.0 Å². The average molecular weight is 707 g/mol. The van der Waals surface area contributed by atoms with Gasteiger partial charge < -0.3 is 29.2 Å². The Balaban J connectivity index is 2.15. The van der Waals surface area contributed by atoms with Crippen molar-refractivity contribution >= 4 is 43.5 Å². The van der Waals surface area contributed by atoms with Gasteiger partial charge in [0.25, 0.3) is 10.0 Å². The molecule has 0 heterocycles. The molecule has 0 fully saturated rings. The summed E-state index contributed by atoms with van der Waals surface area (Å²) in [5.41, 5.74) is 0.821. The van der Waals surface area contributed by atoms with Crippen LogP contribution in [0.5, 0.6) is 23.0 Å². The van der Waals surface area contributed by atoms with Crippen molar-refractivity contribution in [1.29, 1.82) is 0 Å². The van der Waals surface area contributed by atoms with E-state index >= 15 is 0 Å². The van der Waals surface area contributed by atoms with E-state index in [1.165, 1.54) is 57.6 Å². The minimum absolute atomic E-state index is 0.0557. The lowest BCUT2D eigenvalue weighted by atomic mass is 10.1. The van der Waals surface area contributed by atoms with E-state index in [-0.39, 0.29) is 34.5 Å². The molecule has 3 rings (SSSR count). The van der Waals surface area contributed by atoms with Gasteiger partial charge in [-0.1, -0.05) is 41.4 Å². The molecule has 0 bridgehead atoms. The maximum Gasteiger partial charge on any atom is 0.265 e. The normalized spacial score (nSPS) is 11.7. The van der Waals surface area contributed by atoms with Gasteiger partial charge in [-0.15, -0.1) is 0 Å². The van der Waals surface area contributed by atoms with Gasteiger partial charge in [0.15, 0.2) is 11.5 Å². The number of hydrogen-bond donors (Lipinski definition) is 1. The first-order valence-electron chi connectivity index (χ1n) is 14.3. The van der Waals surface area contributed by atoms with Crippen molar-refractivity contribution < 1.29 is 37.0 Å². The Morgan fingerprint density at radius 1 is 0.889 bits per heavy atom. The molecule has 0 radical (unpaired) electrons. The van der Waals surface area contributed by atoms with Gasteiger partial charge in [0.1, 0.15) is 24.1 Å². The number of hydrogen-bond acceptors (Lipinski definition) is 8. The van der Waals surface area contributed by atoms with Crippen LogP contribution in [0.2, 0.25) is 0 Å². The fourth-order valence-corrected chi connectivity index (χ4v) is 6.44. The second-order valence-corrected chi connectivity index (χ2v) is 12.8. The van der Waals surface area contributed by atoms with E-state index in [0.717, 1.165) is 27.2 Å². The number of nitrogens with zero attached hydrogens (tertiary/aromatic N) is 2. The van der Waals surface area contributed by atoms with E-state index < -0.39 is 28.5 Å². The summed E-state index contributed by atoms with van der Waals surface area (Å²) in [4.78, 5) is 28.7. The molecule has 0 saturated carbocycles. The SMILES string of the molecule is CCCCNC(=O)[C@@H](C)N(Cc1cccc(Br)c1)C(=O)CN(c1cc(OC)ccc1OC)S(=O)(=O)c1ccc(OC)c(OC)c1. The highest BCUT2D eigenvalue weighted by molar-refractivity contribution is 9.10. The first-order chi connectivity index (χ1) is 21.5. The van der Waals surface area contributed by atoms with Gasteiger partial charge in [0.2, 0.25) is 11.8 Å². The summed E-state index contributed by atoms with van der Waals surface area (Å²) in [6.45, 7) is 3.50. The first kappa shape index (κ1) is 35.5. The second kappa shape index (κ2) is 16.4. The quantitative estimate of drug-likeness (QED) is 0.206. The molecule has 11 nitrogen and oxygen atoms in total. The lowest BCUT2D eigenvalue weighted by molar-refractivity contribution is -0.139. The number of carbonyl (C=O) groups is 2. The number of sulfonamides is 1. The largest absolute Gasteiger partial charge is 0.497 e. The fourth-order valence-electron chi connectivity index (χ4n) is 4.56. The zero-order valence-electron chi connectivity index (χ0n) is 26.3. The maximum atomic E-state index is 14.4. The van der Waals surface area contributed by atoms with Gasteiger partial charge in [-0.3, -0.25) is 13.9 Å². The predicted octanol–water partition coefficient (Wildman–Crippen LogP) is 5.01. The molecule has 45 heavy (non-hydrogen) atoms. The second-order valence-electron chi connectivity index (χ2n) is 10.0. The monoisotopic (exact) mass is 705 g/mol. The Labute approximate surface area is 273 Å². The van der Waals surface area contributed by atoms with Gasteiger partial charge in [-0.05, 0) is 55.3 Å². The molecular weight excluding hydrogens is 666 g/mol. The third-order valence-electron chi connectivity index (χ3n) is 7.12. The van der Waals surface area contributed by atoms with E-state index in [2.05, 4.69) is 21.2 Å².